The van der Waals surface area contributed by atoms with Crippen LogP contribution < -0.4 is 9.62 Å². The van der Waals surface area contributed by atoms with Crippen LogP contribution in [0.5, 0.6) is 0 Å². The van der Waals surface area contributed by atoms with Crippen molar-refractivity contribution in [3.05, 3.63) is 53.6 Å². The van der Waals surface area contributed by atoms with Crippen molar-refractivity contribution in [3.63, 3.8) is 0 Å². The molecule has 0 unspecified atom stereocenters. The minimum atomic E-state index is -3.89. The van der Waals surface area contributed by atoms with Gasteiger partial charge in [0.15, 0.2) is 0 Å². The Hall–Kier alpha value is -2.87. The van der Waals surface area contributed by atoms with Crippen molar-refractivity contribution in [3.8, 4) is 0 Å². The smallest absolute Gasteiger partial charge is 0.261 e. The van der Waals surface area contributed by atoms with Gasteiger partial charge in [-0.25, -0.2) is 8.42 Å². The van der Waals surface area contributed by atoms with Gasteiger partial charge in [-0.3, -0.25) is 14.3 Å². The number of aryl methyl sites for hydroxylation is 1. The first kappa shape index (κ1) is 20.4. The quantitative estimate of drug-likeness (QED) is 0.813. The molecule has 0 aromatic heterocycles. The van der Waals surface area contributed by atoms with Crippen LogP contribution in [0.4, 0.5) is 11.4 Å². The number of fused-ring (bicyclic) bond motifs is 1. The number of benzene rings is 2. The second-order valence-corrected chi connectivity index (χ2v) is 9.40. The van der Waals surface area contributed by atoms with Crippen LogP contribution in [0, 0.1) is 0 Å². The molecule has 0 atom stereocenters. The third-order valence-electron chi connectivity index (χ3n) is 5.66. The van der Waals surface area contributed by atoms with E-state index in [0.29, 0.717) is 31.6 Å². The Morgan fingerprint density at radius 2 is 1.70 bits per heavy atom. The van der Waals surface area contributed by atoms with E-state index in [2.05, 4.69) is 4.72 Å². The maximum absolute atomic E-state index is 13.1. The Bertz CT molecular complexity index is 1090. The van der Waals surface area contributed by atoms with Crippen LogP contribution in [-0.4, -0.2) is 44.8 Å². The van der Waals surface area contributed by atoms with Gasteiger partial charge in [-0.1, -0.05) is 12.1 Å². The van der Waals surface area contributed by atoms with Gasteiger partial charge in [0.1, 0.15) is 0 Å². The molecule has 1 saturated heterocycles. The second kappa shape index (κ2) is 8.10. The summed E-state index contributed by atoms with van der Waals surface area (Å²) in [4.78, 5) is 28.2. The van der Waals surface area contributed by atoms with E-state index in [0.717, 1.165) is 30.5 Å². The van der Waals surface area contributed by atoms with Crippen molar-refractivity contribution in [1.82, 2.24) is 4.90 Å². The lowest BCUT2D eigenvalue weighted by Crippen LogP contribution is -2.33. The minimum absolute atomic E-state index is 0.0564. The summed E-state index contributed by atoms with van der Waals surface area (Å²) in [5.41, 5.74) is 2.22. The number of amides is 2. The fraction of sp³-hybridized carbons (Fsp3) is 0.364. The van der Waals surface area contributed by atoms with E-state index < -0.39 is 10.0 Å². The van der Waals surface area contributed by atoms with E-state index in [1.807, 2.05) is 0 Å². The van der Waals surface area contributed by atoms with E-state index in [4.69, 9.17) is 0 Å². The number of anilines is 2. The molecule has 7 nitrogen and oxygen atoms in total. The third kappa shape index (κ3) is 3.92. The number of hydrogen-bond acceptors (Lipinski definition) is 4. The average Bonchev–Trinajstić information content (AvgIpc) is 3.27. The number of para-hydroxylation sites is 1. The molecule has 2 aliphatic rings. The van der Waals surface area contributed by atoms with Gasteiger partial charge in [0.05, 0.1) is 16.1 Å². The van der Waals surface area contributed by atoms with Gasteiger partial charge in [0.2, 0.25) is 5.91 Å². The number of sulfonamides is 1. The van der Waals surface area contributed by atoms with Crippen molar-refractivity contribution in [2.45, 2.75) is 37.5 Å². The number of nitrogens with zero attached hydrogens (tertiary/aromatic N) is 2. The molecule has 4 rings (SSSR count). The SMILES string of the molecule is CC(=O)N1CCCc2cc(S(=O)(=O)Nc3ccccc3C(=O)N3CCCC3)ccc21. The first-order chi connectivity index (χ1) is 14.4. The molecule has 2 heterocycles. The van der Waals surface area contributed by atoms with Gasteiger partial charge in [-0.15, -0.1) is 0 Å². The molecule has 1 fully saturated rings. The van der Waals surface area contributed by atoms with Gasteiger partial charge in [-0.2, -0.15) is 0 Å². The Kier molecular flexibility index (Phi) is 5.51. The topological polar surface area (TPSA) is 86.8 Å². The normalized spacial score (nSPS) is 16.3. The van der Waals surface area contributed by atoms with Crippen molar-refractivity contribution in [2.75, 3.05) is 29.3 Å². The van der Waals surface area contributed by atoms with Crippen LogP contribution in [0.3, 0.4) is 0 Å². The number of likely N-dealkylation sites (tertiary alicyclic amines) is 1. The highest BCUT2D eigenvalue weighted by atomic mass is 32.2. The molecular weight excluding hydrogens is 402 g/mol. The lowest BCUT2D eigenvalue weighted by molar-refractivity contribution is -0.116. The Labute approximate surface area is 176 Å². The van der Waals surface area contributed by atoms with E-state index in [-0.39, 0.29) is 22.4 Å². The molecule has 158 valence electrons. The third-order valence-corrected chi connectivity index (χ3v) is 7.02. The van der Waals surface area contributed by atoms with Crippen LogP contribution in [0.15, 0.2) is 47.4 Å². The predicted octanol–water partition coefficient (Wildman–Crippen LogP) is 3.02. The largest absolute Gasteiger partial charge is 0.339 e. The van der Waals surface area contributed by atoms with E-state index in [1.54, 1.807) is 46.2 Å². The summed E-state index contributed by atoms with van der Waals surface area (Å²) in [5, 5.41) is 0. The van der Waals surface area contributed by atoms with Gasteiger partial charge < -0.3 is 9.80 Å². The molecule has 1 N–H and O–H groups in total. The zero-order valence-electron chi connectivity index (χ0n) is 16.9. The fourth-order valence-electron chi connectivity index (χ4n) is 4.12. The number of hydrogen-bond donors (Lipinski definition) is 1. The fourth-order valence-corrected chi connectivity index (χ4v) is 5.25. The standard InChI is InChI=1S/C22H25N3O4S/c1-16(26)25-14-6-7-17-15-18(10-11-21(17)25)30(28,29)23-20-9-3-2-8-19(20)22(27)24-12-4-5-13-24/h2-3,8-11,15,23H,4-7,12-14H2,1H3. The highest BCUT2D eigenvalue weighted by Crippen LogP contribution is 2.30. The molecule has 0 aliphatic carbocycles. The Balaban J connectivity index is 1.63. The monoisotopic (exact) mass is 427 g/mol. The first-order valence-corrected chi connectivity index (χ1v) is 11.7. The lowest BCUT2D eigenvalue weighted by Gasteiger charge is -2.29. The number of carbonyl (C=O) groups is 2. The van der Waals surface area contributed by atoms with E-state index >= 15 is 0 Å². The first-order valence-electron chi connectivity index (χ1n) is 10.2. The van der Waals surface area contributed by atoms with Crippen LogP contribution in [0.25, 0.3) is 0 Å². The molecule has 0 bridgehead atoms. The zero-order valence-corrected chi connectivity index (χ0v) is 17.7. The Morgan fingerprint density at radius 1 is 0.967 bits per heavy atom. The van der Waals surface area contributed by atoms with Crippen molar-refractivity contribution in [2.24, 2.45) is 0 Å². The summed E-state index contributed by atoms with van der Waals surface area (Å²) < 4.78 is 28.8. The van der Waals surface area contributed by atoms with E-state index in [1.165, 1.54) is 13.0 Å². The Morgan fingerprint density at radius 3 is 2.43 bits per heavy atom. The van der Waals surface area contributed by atoms with Gasteiger partial charge >= 0.3 is 0 Å². The van der Waals surface area contributed by atoms with Crippen molar-refractivity contribution < 1.29 is 18.0 Å². The summed E-state index contributed by atoms with van der Waals surface area (Å²) in [6, 6.07) is 11.5. The summed E-state index contributed by atoms with van der Waals surface area (Å²) in [6.45, 7) is 3.53. The van der Waals surface area contributed by atoms with Crippen LogP contribution in [-0.2, 0) is 21.2 Å². The van der Waals surface area contributed by atoms with Crippen LogP contribution in [0.2, 0.25) is 0 Å². The molecule has 0 spiro atoms. The summed E-state index contributed by atoms with van der Waals surface area (Å²) in [7, 11) is -3.89. The molecule has 2 aromatic rings. The van der Waals surface area contributed by atoms with Gasteiger partial charge in [0.25, 0.3) is 15.9 Å². The molecule has 0 radical (unpaired) electrons. The highest BCUT2D eigenvalue weighted by Gasteiger charge is 2.26. The van der Waals surface area contributed by atoms with Crippen LogP contribution >= 0.6 is 0 Å². The van der Waals surface area contributed by atoms with Crippen LogP contribution in [0.1, 0.15) is 42.1 Å². The summed E-state index contributed by atoms with van der Waals surface area (Å²) in [5.74, 6) is -0.215. The van der Waals surface area contributed by atoms with E-state index in [9.17, 15) is 18.0 Å². The summed E-state index contributed by atoms with van der Waals surface area (Å²) >= 11 is 0. The number of rotatable bonds is 4. The van der Waals surface area contributed by atoms with Crippen molar-refractivity contribution >= 4 is 33.2 Å². The minimum Gasteiger partial charge on any atom is -0.339 e. The molecule has 2 aromatic carbocycles. The average molecular weight is 428 g/mol. The summed E-state index contributed by atoms with van der Waals surface area (Å²) in [6.07, 6.45) is 3.43. The zero-order chi connectivity index (χ0) is 21.3. The molecule has 2 amide bonds. The molecule has 30 heavy (non-hydrogen) atoms. The van der Waals surface area contributed by atoms with Gasteiger partial charge in [0, 0.05) is 32.2 Å². The lowest BCUT2D eigenvalue weighted by atomic mass is 10.0. The number of carbonyl (C=O) groups excluding carboxylic acids is 2. The highest BCUT2D eigenvalue weighted by molar-refractivity contribution is 7.92. The molecule has 8 heteroatoms. The molecule has 0 saturated carbocycles. The molecule has 2 aliphatic heterocycles. The maximum Gasteiger partial charge on any atom is 0.261 e. The van der Waals surface area contributed by atoms with Gasteiger partial charge in [-0.05, 0) is 61.6 Å². The second-order valence-electron chi connectivity index (χ2n) is 7.72. The predicted molar refractivity (Wildman–Crippen MR) is 115 cm³/mol. The molecular formula is C22H25N3O4S. The van der Waals surface area contributed by atoms with Crippen molar-refractivity contribution in [1.29, 1.82) is 0 Å². The maximum atomic E-state index is 13.1. The number of nitrogens with one attached hydrogen (secondary N) is 1.